The van der Waals surface area contributed by atoms with Crippen LogP contribution in [0.2, 0.25) is 6.55 Å². The third kappa shape index (κ3) is 4.24. The summed E-state index contributed by atoms with van der Waals surface area (Å²) < 4.78 is 0. The fraction of sp³-hybridized carbons (Fsp3) is 0.0769. The second kappa shape index (κ2) is 10.1. The molecule has 0 saturated carbocycles. The van der Waals surface area contributed by atoms with Crippen molar-refractivity contribution in [1.82, 2.24) is 0 Å². The summed E-state index contributed by atoms with van der Waals surface area (Å²) in [6.45, 7) is 2.49. The van der Waals surface area contributed by atoms with Gasteiger partial charge in [0.05, 0.1) is 0 Å². The maximum absolute atomic E-state index is 2.49. The minimum atomic E-state index is -0.931. The van der Waals surface area contributed by atoms with Crippen LogP contribution in [0.1, 0.15) is 11.1 Å². The summed E-state index contributed by atoms with van der Waals surface area (Å²) >= 11 is 0. The minimum absolute atomic E-state index is 0.430. The highest BCUT2D eigenvalue weighted by atomic mass is 31.1. The Balaban J connectivity index is 1.31. The van der Waals surface area contributed by atoms with Crippen molar-refractivity contribution in [2.24, 2.45) is 0 Å². The van der Waals surface area contributed by atoms with Crippen LogP contribution in [0.15, 0.2) is 140 Å². The largest absolute Gasteiger partial charge is 0.119 e. The molecule has 1 heterocycles. The summed E-state index contributed by atoms with van der Waals surface area (Å²) in [6.07, 6.45) is 2.23. The Hall–Kier alpha value is -4.03. The van der Waals surface area contributed by atoms with E-state index in [2.05, 4.69) is 146 Å². The van der Waals surface area contributed by atoms with Gasteiger partial charge in [-0.15, -0.1) is 0 Å². The molecule has 0 saturated heterocycles. The van der Waals surface area contributed by atoms with Crippen LogP contribution in [-0.2, 0) is 12.3 Å². The number of hydrogen-bond donors (Lipinski definition) is 0. The third-order valence-electron chi connectivity index (χ3n) is 8.83. The van der Waals surface area contributed by atoms with Crippen molar-refractivity contribution >= 4 is 64.7 Å². The first-order chi connectivity index (χ1) is 20.2. The molecule has 0 aromatic heterocycles. The zero-order valence-corrected chi connectivity index (χ0v) is 25.0. The summed E-state index contributed by atoms with van der Waals surface area (Å²) in [5, 5.41) is 12.7. The molecule has 1 aliphatic heterocycles. The van der Waals surface area contributed by atoms with Crippen molar-refractivity contribution < 1.29 is 0 Å². The average molecular weight is 558 g/mol. The second-order valence-corrected chi connectivity index (χ2v) is 15.8. The maximum atomic E-state index is 2.49. The highest BCUT2D eigenvalue weighted by molar-refractivity contribution is 7.64. The van der Waals surface area contributed by atoms with Crippen LogP contribution < -0.4 is 15.7 Å². The fourth-order valence-corrected chi connectivity index (χ4v) is 12.1. The predicted octanol–water partition coefficient (Wildman–Crippen LogP) is 8.87. The van der Waals surface area contributed by atoms with Gasteiger partial charge in [0, 0.05) is 0 Å². The van der Waals surface area contributed by atoms with E-state index in [9.17, 15) is 0 Å². The van der Waals surface area contributed by atoms with E-state index in [0.717, 1.165) is 12.3 Å². The fourth-order valence-electron chi connectivity index (χ4n) is 6.77. The van der Waals surface area contributed by atoms with Gasteiger partial charge >= 0.3 is 0 Å². The summed E-state index contributed by atoms with van der Waals surface area (Å²) in [5.74, 6) is 0. The minimum Gasteiger partial charge on any atom is -0.0664 e. The average Bonchev–Trinajstić information content (AvgIpc) is 3.21. The Kier molecular flexibility index (Phi) is 6.10. The molecule has 0 amide bonds. The lowest BCUT2D eigenvalue weighted by molar-refractivity contribution is 1.40. The Morgan fingerprint density at radius 3 is 1.66 bits per heavy atom. The molecule has 0 bridgehead atoms. The molecule has 0 aliphatic carbocycles. The number of hydrogen-bond acceptors (Lipinski definition) is 0. The van der Waals surface area contributed by atoms with E-state index in [1.807, 2.05) is 0 Å². The topological polar surface area (TPSA) is 0 Å². The van der Waals surface area contributed by atoms with Gasteiger partial charge in [0.15, 0.2) is 0 Å². The Morgan fingerprint density at radius 1 is 0.488 bits per heavy atom. The van der Waals surface area contributed by atoms with E-state index < -0.39 is 16.7 Å². The summed E-state index contributed by atoms with van der Waals surface area (Å²) in [4.78, 5) is 0. The number of fused-ring (bicyclic) bond motifs is 8. The molecule has 41 heavy (non-hydrogen) atoms. The van der Waals surface area contributed by atoms with Gasteiger partial charge in [-0.1, -0.05) is 159 Å². The smallest absolute Gasteiger partial charge is 0.0664 e. The SMILES string of the molecule is C[Si](c1ccc2ccccc2c1)c1ccccc1P1Cc2ccc3ccccc3c2-c2c(ccc3ccccc23)C1. The van der Waals surface area contributed by atoms with Crippen molar-refractivity contribution in [1.29, 1.82) is 0 Å². The van der Waals surface area contributed by atoms with Crippen LogP contribution >= 0.6 is 7.92 Å². The van der Waals surface area contributed by atoms with Crippen LogP contribution in [0.5, 0.6) is 0 Å². The third-order valence-corrected chi connectivity index (χ3v) is 14.0. The molecule has 7 aromatic rings. The van der Waals surface area contributed by atoms with Gasteiger partial charge in [-0.3, -0.25) is 0 Å². The van der Waals surface area contributed by atoms with E-state index in [1.54, 1.807) is 10.5 Å². The number of benzene rings is 7. The van der Waals surface area contributed by atoms with Gasteiger partial charge in [0.1, 0.15) is 8.80 Å². The second-order valence-electron chi connectivity index (χ2n) is 11.2. The molecule has 1 radical (unpaired) electrons. The molecule has 0 N–H and O–H groups in total. The van der Waals surface area contributed by atoms with E-state index in [-0.39, 0.29) is 0 Å². The predicted molar refractivity (Wildman–Crippen MR) is 182 cm³/mol. The molecule has 2 heteroatoms. The molecule has 195 valence electrons. The molecule has 0 fully saturated rings. The van der Waals surface area contributed by atoms with E-state index in [4.69, 9.17) is 0 Å². The monoisotopic (exact) mass is 557 g/mol. The molecular formula is C39H30PSi. The molecular weight excluding hydrogens is 527 g/mol. The van der Waals surface area contributed by atoms with Crippen molar-refractivity contribution in [3.05, 3.63) is 151 Å². The lowest BCUT2D eigenvalue weighted by Gasteiger charge is -2.23. The van der Waals surface area contributed by atoms with E-state index in [1.165, 1.54) is 59.8 Å². The van der Waals surface area contributed by atoms with Crippen LogP contribution in [0, 0.1) is 0 Å². The van der Waals surface area contributed by atoms with Crippen molar-refractivity contribution in [2.75, 3.05) is 0 Å². The first-order valence-corrected chi connectivity index (χ1v) is 18.1. The summed E-state index contributed by atoms with van der Waals surface area (Å²) in [7, 11) is -1.36. The lowest BCUT2D eigenvalue weighted by atomic mass is 9.88. The molecule has 8 rings (SSSR count). The Labute approximate surface area is 244 Å². The van der Waals surface area contributed by atoms with Crippen LogP contribution in [0.4, 0.5) is 0 Å². The van der Waals surface area contributed by atoms with Crippen LogP contribution in [-0.4, -0.2) is 8.80 Å². The van der Waals surface area contributed by atoms with Gasteiger partial charge in [-0.2, -0.15) is 0 Å². The molecule has 0 atom stereocenters. The highest BCUT2D eigenvalue weighted by Crippen LogP contribution is 2.52. The Bertz CT molecular complexity index is 2010. The summed E-state index contributed by atoms with van der Waals surface area (Å²) in [6, 6.07) is 52.7. The first-order valence-electron chi connectivity index (χ1n) is 14.4. The quantitative estimate of drug-likeness (QED) is 0.150. The molecule has 0 spiro atoms. The van der Waals surface area contributed by atoms with Crippen molar-refractivity contribution in [2.45, 2.75) is 18.9 Å². The van der Waals surface area contributed by atoms with Crippen LogP contribution in [0.25, 0.3) is 43.4 Å². The zero-order chi connectivity index (χ0) is 27.3. The molecule has 7 aromatic carbocycles. The molecule has 1 aliphatic rings. The van der Waals surface area contributed by atoms with E-state index >= 15 is 0 Å². The van der Waals surface area contributed by atoms with Crippen molar-refractivity contribution in [3.8, 4) is 11.1 Å². The van der Waals surface area contributed by atoms with Gasteiger partial charge in [0.25, 0.3) is 0 Å². The molecule has 0 unspecified atom stereocenters. The highest BCUT2D eigenvalue weighted by Gasteiger charge is 2.28. The van der Waals surface area contributed by atoms with Gasteiger partial charge in [-0.05, 0) is 77.4 Å². The lowest BCUT2D eigenvalue weighted by Crippen LogP contribution is -2.46. The van der Waals surface area contributed by atoms with Crippen LogP contribution in [0.3, 0.4) is 0 Å². The van der Waals surface area contributed by atoms with E-state index in [0.29, 0.717) is 0 Å². The van der Waals surface area contributed by atoms with Gasteiger partial charge < -0.3 is 0 Å². The van der Waals surface area contributed by atoms with Gasteiger partial charge in [0.2, 0.25) is 0 Å². The van der Waals surface area contributed by atoms with Crippen molar-refractivity contribution in [3.63, 3.8) is 0 Å². The van der Waals surface area contributed by atoms with Gasteiger partial charge in [-0.25, -0.2) is 0 Å². The number of rotatable bonds is 3. The normalized spacial score (nSPS) is 13.4. The molecule has 0 nitrogen and oxygen atoms in total. The summed E-state index contributed by atoms with van der Waals surface area (Å²) in [5.41, 5.74) is 5.90. The standard InChI is InChI=1S/C39H30PSi/c1-41(33-23-22-27-10-2-3-13-30(27)24-33)37-17-9-8-16-36(37)40-25-31-20-18-28-11-4-6-14-34(28)38(31)39-32(26-40)21-19-29-12-5-7-15-35(29)39/h2-24H,25-26H2,1H3. The maximum Gasteiger partial charge on any atom is 0.119 e. The zero-order valence-electron chi connectivity index (χ0n) is 23.1. The first kappa shape index (κ1) is 24.7. The Morgan fingerprint density at radius 2 is 1.00 bits per heavy atom.